The van der Waals surface area contributed by atoms with Crippen molar-refractivity contribution in [2.75, 3.05) is 13.2 Å². The molecular weight excluding hydrogens is 351 g/mol. The van der Waals surface area contributed by atoms with Crippen LogP contribution in [-0.4, -0.2) is 49.8 Å². The van der Waals surface area contributed by atoms with Crippen LogP contribution in [0, 0.1) is 0 Å². The molecule has 1 fully saturated rings. The lowest BCUT2D eigenvalue weighted by Crippen LogP contribution is -2.58. The van der Waals surface area contributed by atoms with Crippen LogP contribution < -0.4 is 5.32 Å². The highest BCUT2D eigenvalue weighted by atomic mass is 19.4. The van der Waals surface area contributed by atoms with Crippen molar-refractivity contribution in [1.82, 2.24) is 5.32 Å². The minimum Gasteiger partial charge on any atom is -0.373 e. The fraction of sp³-hybridized carbons (Fsp3) is 0.944. The van der Waals surface area contributed by atoms with Crippen LogP contribution in [0.3, 0.4) is 0 Å². The molecule has 1 saturated heterocycles. The molecule has 26 heavy (non-hydrogen) atoms. The van der Waals surface area contributed by atoms with Gasteiger partial charge in [0.2, 0.25) is 0 Å². The molecule has 1 N–H and O–H groups in total. The van der Waals surface area contributed by atoms with Gasteiger partial charge in [-0.3, -0.25) is 4.79 Å². The van der Waals surface area contributed by atoms with Crippen LogP contribution in [0.1, 0.15) is 65.7 Å². The van der Waals surface area contributed by atoms with Crippen molar-refractivity contribution in [2.45, 2.75) is 96.4 Å². The lowest BCUT2D eigenvalue weighted by Gasteiger charge is -2.40. The SMILES string of the molecule is CCCCCO[C@H]1C[C@H](NC(=O)C(F)(F)F)[C@@H](OCCCCC)[C@H](C)O1. The van der Waals surface area contributed by atoms with Crippen molar-refractivity contribution < 1.29 is 32.2 Å². The number of rotatable bonds is 11. The van der Waals surface area contributed by atoms with Gasteiger partial charge in [-0.2, -0.15) is 13.2 Å². The molecule has 8 heteroatoms. The van der Waals surface area contributed by atoms with Crippen LogP contribution >= 0.6 is 0 Å². The number of alkyl halides is 3. The number of hydrogen-bond acceptors (Lipinski definition) is 4. The zero-order chi connectivity index (χ0) is 19.6. The van der Waals surface area contributed by atoms with Crippen molar-refractivity contribution in [3.05, 3.63) is 0 Å². The predicted molar refractivity (Wildman–Crippen MR) is 91.7 cm³/mol. The van der Waals surface area contributed by atoms with E-state index >= 15 is 0 Å². The smallest absolute Gasteiger partial charge is 0.373 e. The van der Waals surface area contributed by atoms with Gasteiger partial charge >= 0.3 is 12.1 Å². The Morgan fingerprint density at radius 3 is 2.19 bits per heavy atom. The molecule has 0 aromatic carbocycles. The topological polar surface area (TPSA) is 56.8 Å². The fourth-order valence-electron chi connectivity index (χ4n) is 2.93. The maximum Gasteiger partial charge on any atom is 0.471 e. The molecule has 0 aromatic heterocycles. The number of amides is 1. The Kier molecular flexibility index (Phi) is 10.5. The van der Waals surface area contributed by atoms with Crippen molar-refractivity contribution in [3.63, 3.8) is 0 Å². The van der Waals surface area contributed by atoms with Gasteiger partial charge in [-0.1, -0.05) is 39.5 Å². The average Bonchev–Trinajstić information content (AvgIpc) is 2.56. The molecule has 1 amide bonds. The molecule has 0 unspecified atom stereocenters. The number of ether oxygens (including phenoxy) is 3. The highest BCUT2D eigenvalue weighted by molar-refractivity contribution is 5.82. The lowest BCUT2D eigenvalue weighted by molar-refractivity contribution is -0.236. The molecule has 0 bridgehead atoms. The third-order valence-corrected chi connectivity index (χ3v) is 4.36. The van der Waals surface area contributed by atoms with Gasteiger partial charge in [0, 0.05) is 19.6 Å². The van der Waals surface area contributed by atoms with Crippen LogP contribution in [0.5, 0.6) is 0 Å². The number of unbranched alkanes of at least 4 members (excludes halogenated alkanes) is 4. The Morgan fingerprint density at radius 2 is 1.65 bits per heavy atom. The summed E-state index contributed by atoms with van der Waals surface area (Å²) in [6, 6.07) is -0.800. The van der Waals surface area contributed by atoms with Gasteiger partial charge in [-0.25, -0.2) is 0 Å². The van der Waals surface area contributed by atoms with E-state index in [1.807, 2.05) is 0 Å². The summed E-state index contributed by atoms with van der Waals surface area (Å²) in [7, 11) is 0. The number of carbonyl (C=O) groups excluding carboxylic acids is 1. The summed E-state index contributed by atoms with van der Waals surface area (Å²) in [6.07, 6.45) is -0.805. The Hall–Kier alpha value is -0.860. The van der Waals surface area contributed by atoms with Gasteiger partial charge in [-0.15, -0.1) is 0 Å². The van der Waals surface area contributed by atoms with Crippen LogP contribution in [-0.2, 0) is 19.0 Å². The second-order valence-corrected chi connectivity index (χ2v) is 6.70. The average molecular weight is 383 g/mol. The van der Waals surface area contributed by atoms with Gasteiger partial charge in [-0.05, 0) is 19.8 Å². The molecule has 1 rings (SSSR count). The lowest BCUT2D eigenvalue weighted by atomic mass is 9.99. The zero-order valence-electron chi connectivity index (χ0n) is 15.9. The van der Waals surface area contributed by atoms with Gasteiger partial charge in [0.05, 0.1) is 12.1 Å². The monoisotopic (exact) mass is 383 g/mol. The minimum atomic E-state index is -4.92. The summed E-state index contributed by atoms with van der Waals surface area (Å²) in [5.41, 5.74) is 0. The number of hydrogen-bond donors (Lipinski definition) is 1. The predicted octanol–water partition coefficient (Wildman–Crippen LogP) is 3.95. The highest BCUT2D eigenvalue weighted by Crippen LogP contribution is 2.26. The standard InChI is InChI=1S/C18H32F3NO4/c1-4-6-8-10-24-15-12-14(22-17(23)18(19,20)21)16(13(3)26-15)25-11-9-7-5-2/h13-16H,4-12H2,1-3H3,(H,22,23)/t13-,14-,15+,16-/m0/s1. The van der Waals surface area contributed by atoms with E-state index < -0.39 is 36.6 Å². The highest BCUT2D eigenvalue weighted by Gasteiger charge is 2.44. The summed E-state index contributed by atoms with van der Waals surface area (Å²) in [4.78, 5) is 11.4. The third kappa shape index (κ3) is 8.22. The van der Waals surface area contributed by atoms with Crippen LogP contribution in [0.25, 0.3) is 0 Å². The molecule has 154 valence electrons. The second-order valence-electron chi connectivity index (χ2n) is 6.70. The first-order valence-corrected chi connectivity index (χ1v) is 9.55. The summed E-state index contributed by atoms with van der Waals surface area (Å²) in [5, 5.41) is 2.06. The van der Waals surface area contributed by atoms with E-state index in [4.69, 9.17) is 14.2 Å². The van der Waals surface area contributed by atoms with Crippen molar-refractivity contribution in [2.24, 2.45) is 0 Å². The molecule has 1 aliphatic heterocycles. The molecule has 0 saturated carbocycles. The van der Waals surface area contributed by atoms with Crippen molar-refractivity contribution in [1.29, 1.82) is 0 Å². The minimum absolute atomic E-state index is 0.136. The van der Waals surface area contributed by atoms with Gasteiger partial charge in [0.25, 0.3) is 0 Å². The summed E-state index contributed by atoms with van der Waals surface area (Å²) < 4.78 is 55.1. The zero-order valence-corrected chi connectivity index (χ0v) is 15.9. The fourth-order valence-corrected chi connectivity index (χ4v) is 2.93. The number of carbonyl (C=O) groups is 1. The summed E-state index contributed by atoms with van der Waals surface area (Å²) in [6.45, 7) is 6.76. The van der Waals surface area contributed by atoms with Crippen LogP contribution in [0.15, 0.2) is 0 Å². The molecule has 1 aliphatic rings. The van der Waals surface area contributed by atoms with Crippen molar-refractivity contribution in [3.8, 4) is 0 Å². The van der Waals surface area contributed by atoms with E-state index in [1.165, 1.54) is 0 Å². The van der Waals surface area contributed by atoms with E-state index in [1.54, 1.807) is 6.92 Å². The maximum atomic E-state index is 12.6. The number of halogens is 3. The summed E-state index contributed by atoms with van der Waals surface area (Å²) in [5.74, 6) is -1.96. The summed E-state index contributed by atoms with van der Waals surface area (Å²) >= 11 is 0. The molecular formula is C18H32F3NO4. The number of nitrogens with one attached hydrogen (secondary N) is 1. The first-order chi connectivity index (χ1) is 12.3. The van der Waals surface area contributed by atoms with Crippen LogP contribution in [0.2, 0.25) is 0 Å². The molecule has 5 nitrogen and oxygen atoms in total. The van der Waals surface area contributed by atoms with E-state index in [-0.39, 0.29) is 6.42 Å². The Morgan fingerprint density at radius 1 is 1.08 bits per heavy atom. The third-order valence-electron chi connectivity index (χ3n) is 4.36. The molecule has 1 heterocycles. The normalized spacial score (nSPS) is 26.7. The first-order valence-electron chi connectivity index (χ1n) is 9.55. The van der Waals surface area contributed by atoms with Gasteiger partial charge in [0.1, 0.15) is 6.10 Å². The van der Waals surface area contributed by atoms with E-state index in [9.17, 15) is 18.0 Å². The van der Waals surface area contributed by atoms with Crippen molar-refractivity contribution >= 4 is 5.91 Å². The molecule has 0 aromatic rings. The second kappa shape index (κ2) is 11.8. The first kappa shape index (κ1) is 23.2. The van der Waals surface area contributed by atoms with E-state index in [0.717, 1.165) is 38.5 Å². The largest absolute Gasteiger partial charge is 0.471 e. The molecule has 0 spiro atoms. The van der Waals surface area contributed by atoms with Crippen LogP contribution in [0.4, 0.5) is 13.2 Å². The van der Waals surface area contributed by atoms with Gasteiger partial charge < -0.3 is 19.5 Å². The Balaban J connectivity index is 2.66. The quantitative estimate of drug-likeness (QED) is 0.549. The Labute approximate surface area is 153 Å². The molecule has 0 aliphatic carbocycles. The maximum absolute atomic E-state index is 12.6. The molecule has 0 radical (unpaired) electrons. The Bertz CT molecular complexity index is 406. The molecule has 4 atom stereocenters. The van der Waals surface area contributed by atoms with E-state index in [2.05, 4.69) is 19.2 Å². The van der Waals surface area contributed by atoms with E-state index in [0.29, 0.717) is 13.2 Å². The van der Waals surface area contributed by atoms with Gasteiger partial charge in [0.15, 0.2) is 6.29 Å².